The van der Waals surface area contributed by atoms with Gasteiger partial charge in [0.15, 0.2) is 0 Å². The number of hydrogen-bond donors (Lipinski definition) is 3. The first-order valence-electron chi connectivity index (χ1n) is 4.34. The van der Waals surface area contributed by atoms with Crippen molar-refractivity contribution in [3.8, 4) is 0 Å². The van der Waals surface area contributed by atoms with Gasteiger partial charge in [-0.1, -0.05) is 0 Å². The number of rotatable bonds is 3. The van der Waals surface area contributed by atoms with Gasteiger partial charge in [-0.15, -0.1) is 0 Å². The Hall–Kier alpha value is -0.160. The fourth-order valence-electron chi connectivity index (χ4n) is 1.71. The van der Waals surface area contributed by atoms with Gasteiger partial charge in [-0.3, -0.25) is 4.90 Å². The summed E-state index contributed by atoms with van der Waals surface area (Å²) in [7, 11) is 0. The average molecular weight is 175 g/mol. The first-order valence-corrected chi connectivity index (χ1v) is 4.34. The van der Waals surface area contributed by atoms with Crippen molar-refractivity contribution in [2.75, 3.05) is 19.7 Å². The second-order valence-electron chi connectivity index (χ2n) is 3.53. The maximum absolute atomic E-state index is 9.28. The van der Waals surface area contributed by atoms with E-state index in [1.165, 1.54) is 0 Å². The van der Waals surface area contributed by atoms with E-state index >= 15 is 0 Å². The Bertz CT molecular complexity index is 140. The molecule has 72 valence electrons. The minimum atomic E-state index is -0.399. The maximum Gasteiger partial charge on any atom is 0.0683 e. The Morgan fingerprint density at radius 1 is 1.58 bits per heavy atom. The number of likely N-dealkylation sites (tertiary alicyclic amines) is 1. The molecule has 1 heterocycles. The summed E-state index contributed by atoms with van der Waals surface area (Å²) >= 11 is 0. The van der Waals surface area contributed by atoms with Crippen LogP contribution in [0.5, 0.6) is 0 Å². The number of aliphatic hydroxyl groups is 3. The average Bonchev–Trinajstić information content (AvgIpc) is 2.29. The lowest BCUT2D eigenvalue weighted by Gasteiger charge is -2.23. The van der Waals surface area contributed by atoms with Crippen LogP contribution >= 0.6 is 0 Å². The van der Waals surface area contributed by atoms with Gasteiger partial charge in [-0.05, 0) is 13.3 Å². The van der Waals surface area contributed by atoms with E-state index in [0.717, 1.165) is 0 Å². The molecule has 1 aliphatic rings. The van der Waals surface area contributed by atoms with Crippen LogP contribution < -0.4 is 0 Å². The number of β-amino-alcohol motifs (C(OH)–C–C–N with tert-alkyl or cyclic N) is 2. The first kappa shape index (κ1) is 9.92. The molecule has 0 aromatic rings. The molecule has 0 saturated carbocycles. The second kappa shape index (κ2) is 4.18. The van der Waals surface area contributed by atoms with Gasteiger partial charge in [0.05, 0.1) is 18.8 Å². The highest BCUT2D eigenvalue weighted by atomic mass is 16.3. The van der Waals surface area contributed by atoms with Crippen LogP contribution in [0.25, 0.3) is 0 Å². The molecule has 4 heteroatoms. The Balaban J connectivity index is 2.40. The zero-order chi connectivity index (χ0) is 9.14. The molecule has 0 aliphatic carbocycles. The topological polar surface area (TPSA) is 63.9 Å². The minimum absolute atomic E-state index is 0.0228. The van der Waals surface area contributed by atoms with E-state index in [1.54, 1.807) is 6.92 Å². The van der Waals surface area contributed by atoms with Crippen molar-refractivity contribution in [2.24, 2.45) is 0 Å². The summed E-state index contributed by atoms with van der Waals surface area (Å²) in [6, 6.07) is 0.0228. The highest BCUT2D eigenvalue weighted by Crippen LogP contribution is 2.17. The number of aliphatic hydroxyl groups excluding tert-OH is 3. The predicted octanol–water partition coefficient (Wildman–Crippen LogP) is -1.21. The molecule has 1 unspecified atom stereocenters. The van der Waals surface area contributed by atoms with Gasteiger partial charge in [0.2, 0.25) is 0 Å². The van der Waals surface area contributed by atoms with Crippen LogP contribution in [-0.4, -0.2) is 58.2 Å². The molecule has 0 radical (unpaired) electrons. The highest BCUT2D eigenvalue weighted by molar-refractivity contribution is 4.85. The monoisotopic (exact) mass is 175 g/mol. The maximum atomic E-state index is 9.28. The van der Waals surface area contributed by atoms with Crippen molar-refractivity contribution in [3.05, 3.63) is 0 Å². The van der Waals surface area contributed by atoms with Crippen LogP contribution in [0.4, 0.5) is 0 Å². The van der Waals surface area contributed by atoms with E-state index in [1.807, 2.05) is 4.90 Å². The molecule has 1 saturated heterocycles. The SMILES string of the molecule is CC(O)CN1C[C@H](O)C[C@H]1CO. The molecule has 0 spiro atoms. The van der Waals surface area contributed by atoms with Crippen LogP contribution in [-0.2, 0) is 0 Å². The largest absolute Gasteiger partial charge is 0.395 e. The summed E-state index contributed by atoms with van der Waals surface area (Å²) in [5, 5.41) is 27.3. The Labute approximate surface area is 72.4 Å². The lowest BCUT2D eigenvalue weighted by atomic mass is 10.2. The molecule has 0 aromatic carbocycles. The summed E-state index contributed by atoms with van der Waals surface area (Å²) in [5.74, 6) is 0. The van der Waals surface area contributed by atoms with Crippen molar-refractivity contribution in [3.63, 3.8) is 0 Å². The molecule has 3 atom stereocenters. The van der Waals surface area contributed by atoms with E-state index < -0.39 is 6.10 Å². The molecule has 1 rings (SSSR count). The van der Waals surface area contributed by atoms with Crippen molar-refractivity contribution in [1.82, 2.24) is 4.90 Å². The van der Waals surface area contributed by atoms with Crippen molar-refractivity contribution in [2.45, 2.75) is 31.6 Å². The van der Waals surface area contributed by atoms with Gasteiger partial charge in [-0.2, -0.15) is 0 Å². The Kier molecular flexibility index (Phi) is 3.46. The Morgan fingerprint density at radius 2 is 2.25 bits per heavy atom. The van der Waals surface area contributed by atoms with Gasteiger partial charge >= 0.3 is 0 Å². The molecule has 12 heavy (non-hydrogen) atoms. The van der Waals surface area contributed by atoms with E-state index in [-0.39, 0.29) is 18.8 Å². The van der Waals surface area contributed by atoms with Gasteiger partial charge in [0.1, 0.15) is 0 Å². The zero-order valence-electron chi connectivity index (χ0n) is 7.35. The van der Waals surface area contributed by atoms with E-state index in [0.29, 0.717) is 19.5 Å². The zero-order valence-corrected chi connectivity index (χ0v) is 7.35. The normalized spacial score (nSPS) is 34.0. The van der Waals surface area contributed by atoms with Crippen molar-refractivity contribution >= 4 is 0 Å². The van der Waals surface area contributed by atoms with E-state index in [4.69, 9.17) is 10.2 Å². The molecule has 0 aromatic heterocycles. The smallest absolute Gasteiger partial charge is 0.0683 e. The van der Waals surface area contributed by atoms with E-state index in [9.17, 15) is 5.11 Å². The standard InChI is InChI=1S/C8H17NO3/c1-6(11)3-9-4-8(12)2-7(9)5-10/h6-8,10-12H,2-5H2,1H3/t6?,7-,8+/m0/s1. The van der Waals surface area contributed by atoms with Crippen LogP contribution in [0, 0.1) is 0 Å². The lowest BCUT2D eigenvalue weighted by molar-refractivity contribution is 0.0914. The predicted molar refractivity (Wildman–Crippen MR) is 44.8 cm³/mol. The number of nitrogens with zero attached hydrogens (tertiary/aromatic N) is 1. The summed E-state index contributed by atoms with van der Waals surface area (Å²) in [5.41, 5.74) is 0. The Morgan fingerprint density at radius 3 is 2.75 bits per heavy atom. The summed E-state index contributed by atoms with van der Waals surface area (Å²) < 4.78 is 0. The third-order valence-corrected chi connectivity index (χ3v) is 2.22. The molecular weight excluding hydrogens is 158 g/mol. The summed E-state index contributed by atoms with van der Waals surface area (Å²) in [6.07, 6.45) is -0.131. The third-order valence-electron chi connectivity index (χ3n) is 2.22. The molecule has 4 nitrogen and oxygen atoms in total. The van der Waals surface area contributed by atoms with Gasteiger partial charge in [0.25, 0.3) is 0 Å². The van der Waals surface area contributed by atoms with Crippen molar-refractivity contribution in [1.29, 1.82) is 0 Å². The molecular formula is C8H17NO3. The second-order valence-corrected chi connectivity index (χ2v) is 3.53. The first-order chi connectivity index (χ1) is 5.63. The van der Waals surface area contributed by atoms with Gasteiger partial charge < -0.3 is 15.3 Å². The molecule has 1 fully saturated rings. The van der Waals surface area contributed by atoms with Crippen LogP contribution in [0.3, 0.4) is 0 Å². The van der Waals surface area contributed by atoms with Gasteiger partial charge in [0, 0.05) is 19.1 Å². The molecule has 1 aliphatic heterocycles. The lowest BCUT2D eigenvalue weighted by Crippen LogP contribution is -2.37. The summed E-state index contributed by atoms with van der Waals surface area (Å²) in [6.45, 7) is 2.86. The van der Waals surface area contributed by atoms with Crippen molar-refractivity contribution < 1.29 is 15.3 Å². The van der Waals surface area contributed by atoms with Crippen LogP contribution in [0.2, 0.25) is 0 Å². The molecule has 3 N–H and O–H groups in total. The fraction of sp³-hybridized carbons (Fsp3) is 1.00. The summed E-state index contributed by atoms with van der Waals surface area (Å²) in [4.78, 5) is 1.93. The third kappa shape index (κ3) is 2.42. The highest BCUT2D eigenvalue weighted by Gasteiger charge is 2.30. The quantitative estimate of drug-likeness (QED) is 0.504. The van der Waals surface area contributed by atoms with E-state index in [2.05, 4.69) is 0 Å². The minimum Gasteiger partial charge on any atom is -0.395 e. The van der Waals surface area contributed by atoms with Gasteiger partial charge in [-0.25, -0.2) is 0 Å². The molecule has 0 amide bonds. The van der Waals surface area contributed by atoms with Crippen LogP contribution in [0.1, 0.15) is 13.3 Å². The number of hydrogen-bond acceptors (Lipinski definition) is 4. The fourth-order valence-corrected chi connectivity index (χ4v) is 1.71. The van der Waals surface area contributed by atoms with Crippen LogP contribution in [0.15, 0.2) is 0 Å². The molecule has 0 bridgehead atoms.